The quantitative estimate of drug-likeness (QED) is 0.0836. The molecule has 0 fully saturated rings. The van der Waals surface area contributed by atoms with Crippen LogP contribution in [0.25, 0.3) is 10.9 Å². The third kappa shape index (κ3) is 9.26. The predicted octanol–water partition coefficient (Wildman–Crippen LogP) is -0.0577. The Hall–Kier alpha value is -4.13. The van der Waals surface area contributed by atoms with Gasteiger partial charge in [0.05, 0.1) is 6.04 Å². The molecule has 0 saturated heterocycles. The van der Waals surface area contributed by atoms with E-state index < -0.39 is 47.9 Å². The highest BCUT2D eigenvalue weighted by molar-refractivity contribution is 5.94. The molecule has 2 rings (SSSR count). The Balaban J connectivity index is 2.04. The summed E-state index contributed by atoms with van der Waals surface area (Å²) in [6.45, 7) is 7.18. The maximum Gasteiger partial charge on any atom is 0.326 e. The maximum absolute atomic E-state index is 13.2. The van der Waals surface area contributed by atoms with Gasteiger partial charge in [0.2, 0.25) is 17.7 Å². The van der Waals surface area contributed by atoms with Crippen LogP contribution in [0.3, 0.4) is 0 Å². The van der Waals surface area contributed by atoms with E-state index in [1.165, 1.54) is 0 Å². The van der Waals surface area contributed by atoms with Crippen LogP contribution in [-0.4, -0.2) is 70.5 Å². The number of carbonyl (C=O) groups is 4. The number of amides is 3. The molecule has 4 atom stereocenters. The summed E-state index contributed by atoms with van der Waals surface area (Å²) in [5.41, 5.74) is 18.6. The molecule has 0 bridgehead atoms. The van der Waals surface area contributed by atoms with Crippen molar-refractivity contribution in [3.8, 4) is 0 Å². The minimum atomic E-state index is -1.22. The maximum atomic E-state index is 13.2. The van der Waals surface area contributed by atoms with Gasteiger partial charge in [0.1, 0.15) is 18.1 Å². The molecule has 0 saturated carbocycles. The Morgan fingerprint density at radius 2 is 1.50 bits per heavy atom. The molecular formula is C27H42N8O5. The average Bonchev–Trinajstić information content (AvgIpc) is 3.29. The topological polar surface area (TPSA) is 231 Å². The highest BCUT2D eigenvalue weighted by atomic mass is 16.4. The zero-order valence-electron chi connectivity index (χ0n) is 23.4. The number of carboxylic acids is 1. The highest BCUT2D eigenvalue weighted by Crippen LogP contribution is 2.19. The fourth-order valence-corrected chi connectivity index (χ4v) is 4.23. The van der Waals surface area contributed by atoms with E-state index in [2.05, 4.69) is 25.9 Å². The van der Waals surface area contributed by atoms with E-state index in [0.717, 1.165) is 16.5 Å². The zero-order valence-corrected chi connectivity index (χ0v) is 23.4. The monoisotopic (exact) mass is 558 g/mol. The number of carboxylic acid groups (broad SMARTS) is 1. The molecule has 0 aliphatic carbocycles. The number of hydrogen-bond acceptors (Lipinski definition) is 6. The molecule has 0 aliphatic heterocycles. The van der Waals surface area contributed by atoms with Gasteiger partial charge in [-0.2, -0.15) is 0 Å². The number of aromatic amines is 1. The highest BCUT2D eigenvalue weighted by Gasteiger charge is 2.33. The van der Waals surface area contributed by atoms with Crippen molar-refractivity contribution < 1.29 is 24.3 Å². The second-order valence-electron chi connectivity index (χ2n) is 10.5. The minimum Gasteiger partial charge on any atom is -0.480 e. The number of guanidine groups is 1. The molecule has 0 spiro atoms. The summed E-state index contributed by atoms with van der Waals surface area (Å²) in [5, 5.41) is 18.4. The number of H-pyrrole nitrogens is 1. The number of nitrogens with zero attached hydrogens (tertiary/aromatic N) is 1. The molecule has 0 radical (unpaired) electrons. The third-order valence-electron chi connectivity index (χ3n) is 6.51. The normalized spacial score (nSPS) is 14.3. The van der Waals surface area contributed by atoms with Crippen LogP contribution in [0, 0.1) is 11.8 Å². The summed E-state index contributed by atoms with van der Waals surface area (Å²) >= 11 is 0. The van der Waals surface area contributed by atoms with Crippen LogP contribution in [0.15, 0.2) is 35.5 Å². The summed E-state index contributed by atoms with van der Waals surface area (Å²) in [6, 6.07) is 3.56. The Bertz CT molecular complexity index is 1200. The lowest BCUT2D eigenvalue weighted by Crippen LogP contribution is -2.59. The van der Waals surface area contributed by atoms with Crippen LogP contribution in [0.5, 0.6) is 0 Å². The number of nitrogens with one attached hydrogen (secondary N) is 4. The summed E-state index contributed by atoms with van der Waals surface area (Å²) < 4.78 is 0. The Kier molecular flexibility index (Phi) is 11.9. The van der Waals surface area contributed by atoms with Crippen molar-refractivity contribution in [2.75, 3.05) is 6.54 Å². The first-order valence-electron chi connectivity index (χ1n) is 13.3. The summed E-state index contributed by atoms with van der Waals surface area (Å²) in [5.74, 6) is -3.74. The van der Waals surface area contributed by atoms with Gasteiger partial charge in [-0.25, -0.2) is 4.79 Å². The van der Waals surface area contributed by atoms with Crippen molar-refractivity contribution in [3.63, 3.8) is 0 Å². The van der Waals surface area contributed by atoms with Gasteiger partial charge in [-0.15, -0.1) is 0 Å². The molecule has 13 nitrogen and oxygen atoms in total. The van der Waals surface area contributed by atoms with Crippen LogP contribution >= 0.6 is 0 Å². The number of benzene rings is 1. The molecule has 4 unspecified atom stereocenters. The van der Waals surface area contributed by atoms with Crippen molar-refractivity contribution in [1.29, 1.82) is 0 Å². The van der Waals surface area contributed by atoms with Gasteiger partial charge in [0.15, 0.2) is 5.96 Å². The van der Waals surface area contributed by atoms with E-state index in [9.17, 15) is 24.3 Å². The largest absolute Gasteiger partial charge is 0.480 e. The first-order valence-corrected chi connectivity index (χ1v) is 13.3. The van der Waals surface area contributed by atoms with Gasteiger partial charge in [-0.3, -0.25) is 19.4 Å². The molecule has 40 heavy (non-hydrogen) atoms. The number of aliphatic imine (C=N–C) groups is 1. The zero-order chi connectivity index (χ0) is 30.0. The number of para-hydroxylation sites is 1. The second kappa shape index (κ2) is 14.9. The number of carbonyl (C=O) groups excluding carboxylic acids is 3. The van der Waals surface area contributed by atoms with Gasteiger partial charge in [-0.05, 0) is 42.7 Å². The Morgan fingerprint density at radius 1 is 0.925 bits per heavy atom. The van der Waals surface area contributed by atoms with E-state index in [1.54, 1.807) is 27.7 Å². The molecule has 0 aliphatic rings. The van der Waals surface area contributed by atoms with Crippen molar-refractivity contribution in [2.45, 2.75) is 71.1 Å². The van der Waals surface area contributed by atoms with Crippen molar-refractivity contribution in [2.24, 2.45) is 34.0 Å². The van der Waals surface area contributed by atoms with Crippen LogP contribution in [-0.2, 0) is 25.6 Å². The Morgan fingerprint density at radius 3 is 2.08 bits per heavy atom. The van der Waals surface area contributed by atoms with Gasteiger partial charge >= 0.3 is 5.97 Å². The number of fused-ring (bicyclic) bond motifs is 1. The lowest BCUT2D eigenvalue weighted by molar-refractivity contribution is -0.142. The van der Waals surface area contributed by atoms with Gasteiger partial charge < -0.3 is 43.2 Å². The molecule has 1 aromatic heterocycles. The van der Waals surface area contributed by atoms with Gasteiger partial charge in [-0.1, -0.05) is 45.9 Å². The van der Waals surface area contributed by atoms with E-state index in [1.807, 2.05) is 30.5 Å². The molecule has 13 heteroatoms. The first kappa shape index (κ1) is 32.1. The van der Waals surface area contributed by atoms with E-state index in [4.69, 9.17) is 17.2 Å². The fraction of sp³-hybridized carbons (Fsp3) is 0.519. The van der Waals surface area contributed by atoms with Gasteiger partial charge in [0.25, 0.3) is 0 Å². The molecule has 220 valence electrons. The molecule has 1 heterocycles. The molecule has 3 amide bonds. The van der Waals surface area contributed by atoms with E-state index in [-0.39, 0.29) is 37.2 Å². The van der Waals surface area contributed by atoms with Crippen molar-refractivity contribution in [1.82, 2.24) is 20.9 Å². The minimum absolute atomic E-state index is 0.0929. The molecule has 2 aromatic rings. The summed E-state index contributed by atoms with van der Waals surface area (Å²) in [4.78, 5) is 57.9. The van der Waals surface area contributed by atoms with Crippen LogP contribution < -0.4 is 33.2 Å². The summed E-state index contributed by atoms with van der Waals surface area (Å²) in [7, 11) is 0. The van der Waals surface area contributed by atoms with Crippen molar-refractivity contribution in [3.05, 3.63) is 36.0 Å². The predicted molar refractivity (Wildman–Crippen MR) is 153 cm³/mol. The van der Waals surface area contributed by atoms with E-state index in [0.29, 0.717) is 6.42 Å². The lowest BCUT2D eigenvalue weighted by atomic mass is 9.98. The van der Waals surface area contributed by atoms with Crippen LogP contribution in [0.2, 0.25) is 0 Å². The molecular weight excluding hydrogens is 516 g/mol. The number of nitrogens with two attached hydrogens (primary N) is 3. The second-order valence-corrected chi connectivity index (χ2v) is 10.5. The standard InChI is InChI=1S/C27H42N8O5/c1-14(2)21(24(37)33-20(26(39)40)10-7-11-31-27(29)30)35-25(38)22(15(3)4)34-23(36)18(28)12-16-13-32-19-9-6-5-8-17(16)19/h5-6,8-9,13-15,18,20-22,32H,7,10-12,28H2,1-4H3,(H,33,37)(H,34,36)(H,35,38)(H,39,40)(H4,29,30,31). The number of hydrogen-bond donors (Lipinski definition) is 8. The van der Waals surface area contributed by atoms with Gasteiger partial charge in [0, 0.05) is 23.6 Å². The average molecular weight is 559 g/mol. The third-order valence-corrected chi connectivity index (χ3v) is 6.51. The molecule has 1 aromatic carbocycles. The summed E-state index contributed by atoms with van der Waals surface area (Å²) in [6.07, 6.45) is 2.49. The Labute approximate surface area is 233 Å². The smallest absolute Gasteiger partial charge is 0.326 e. The lowest BCUT2D eigenvalue weighted by Gasteiger charge is -2.28. The number of rotatable bonds is 15. The van der Waals surface area contributed by atoms with Crippen LogP contribution in [0.4, 0.5) is 0 Å². The number of aliphatic carboxylic acids is 1. The fourth-order valence-electron chi connectivity index (χ4n) is 4.23. The SMILES string of the molecule is CC(C)C(NC(=O)C(N)Cc1c[nH]c2ccccc12)C(=O)NC(C(=O)NC(CCCN=C(N)N)C(=O)O)C(C)C. The molecule has 11 N–H and O–H groups in total. The first-order chi connectivity index (χ1) is 18.8. The van der Waals surface area contributed by atoms with Crippen LogP contribution in [0.1, 0.15) is 46.1 Å². The number of aromatic nitrogens is 1. The van der Waals surface area contributed by atoms with E-state index >= 15 is 0 Å². The van der Waals surface area contributed by atoms with Crippen molar-refractivity contribution >= 4 is 40.6 Å².